The first-order chi connectivity index (χ1) is 12.0. The van der Waals surface area contributed by atoms with Gasteiger partial charge in [0.1, 0.15) is 16.5 Å². The van der Waals surface area contributed by atoms with Crippen molar-refractivity contribution in [1.82, 2.24) is 14.9 Å². The van der Waals surface area contributed by atoms with Crippen molar-refractivity contribution in [3.8, 4) is 17.2 Å². The van der Waals surface area contributed by atoms with Gasteiger partial charge in [-0.15, -0.1) is 11.3 Å². The number of hydrogen-bond donors (Lipinski definition) is 0. The van der Waals surface area contributed by atoms with Crippen LogP contribution in [0.2, 0.25) is 0 Å². The lowest BCUT2D eigenvalue weighted by atomic mass is 10.1. The van der Waals surface area contributed by atoms with Crippen LogP contribution >= 0.6 is 11.3 Å². The van der Waals surface area contributed by atoms with Gasteiger partial charge in [0, 0.05) is 23.7 Å². The highest BCUT2D eigenvalue weighted by molar-refractivity contribution is 7.09. The van der Waals surface area contributed by atoms with Gasteiger partial charge in [-0.05, 0) is 51.6 Å². The van der Waals surface area contributed by atoms with Gasteiger partial charge in [0.25, 0.3) is 0 Å². The zero-order valence-electron chi connectivity index (χ0n) is 15.2. The van der Waals surface area contributed by atoms with Crippen molar-refractivity contribution in [3.63, 3.8) is 0 Å². The van der Waals surface area contributed by atoms with Crippen LogP contribution in [0.1, 0.15) is 35.0 Å². The SMILES string of the molecule is COc1ccc(-c2nc(CN(C)C(C)c3nccs3)c(C)o2)cc1C. The smallest absolute Gasteiger partial charge is 0.226 e. The Morgan fingerprint density at radius 1 is 1.32 bits per heavy atom. The lowest BCUT2D eigenvalue weighted by molar-refractivity contribution is 0.248. The van der Waals surface area contributed by atoms with Crippen LogP contribution in [0.3, 0.4) is 0 Å². The summed E-state index contributed by atoms with van der Waals surface area (Å²) in [5.41, 5.74) is 2.98. The molecule has 25 heavy (non-hydrogen) atoms. The minimum Gasteiger partial charge on any atom is -0.496 e. The maximum atomic E-state index is 5.91. The number of aryl methyl sites for hydroxylation is 2. The fourth-order valence-electron chi connectivity index (χ4n) is 2.71. The molecule has 1 aromatic carbocycles. The molecule has 1 atom stereocenters. The van der Waals surface area contributed by atoms with Crippen molar-refractivity contribution in [2.24, 2.45) is 0 Å². The number of rotatable bonds is 6. The lowest BCUT2D eigenvalue weighted by Gasteiger charge is -2.21. The van der Waals surface area contributed by atoms with Gasteiger partial charge >= 0.3 is 0 Å². The van der Waals surface area contributed by atoms with Crippen molar-refractivity contribution in [3.05, 3.63) is 51.8 Å². The van der Waals surface area contributed by atoms with Crippen LogP contribution in [0.25, 0.3) is 11.5 Å². The quantitative estimate of drug-likeness (QED) is 0.644. The second kappa shape index (κ2) is 7.37. The maximum Gasteiger partial charge on any atom is 0.226 e. The van der Waals surface area contributed by atoms with Crippen LogP contribution in [0.15, 0.2) is 34.2 Å². The van der Waals surface area contributed by atoms with E-state index in [9.17, 15) is 0 Å². The van der Waals surface area contributed by atoms with Crippen LogP contribution in [0, 0.1) is 13.8 Å². The molecule has 1 unspecified atom stereocenters. The molecule has 0 aliphatic heterocycles. The molecule has 0 saturated heterocycles. The van der Waals surface area contributed by atoms with Crippen LogP contribution < -0.4 is 4.74 Å². The third-order valence-corrected chi connectivity index (χ3v) is 5.35. The summed E-state index contributed by atoms with van der Waals surface area (Å²) in [6.45, 7) is 6.85. The molecule has 3 rings (SSSR count). The third kappa shape index (κ3) is 3.75. The predicted molar refractivity (Wildman–Crippen MR) is 100.0 cm³/mol. The molecule has 0 aliphatic rings. The molecule has 132 valence electrons. The Labute approximate surface area is 152 Å². The Kier molecular flexibility index (Phi) is 5.20. The average Bonchev–Trinajstić information content (AvgIpc) is 3.24. The van der Waals surface area contributed by atoms with E-state index in [-0.39, 0.29) is 6.04 Å². The van der Waals surface area contributed by atoms with Crippen LogP contribution in [-0.2, 0) is 6.54 Å². The van der Waals surface area contributed by atoms with Gasteiger partial charge < -0.3 is 9.15 Å². The molecule has 0 amide bonds. The second-order valence-electron chi connectivity index (χ2n) is 6.17. The highest BCUT2D eigenvalue weighted by Gasteiger charge is 2.19. The zero-order chi connectivity index (χ0) is 18.0. The lowest BCUT2D eigenvalue weighted by Crippen LogP contribution is -2.22. The Morgan fingerprint density at radius 2 is 2.12 bits per heavy atom. The Bertz CT molecular complexity index is 842. The van der Waals surface area contributed by atoms with E-state index in [1.165, 1.54) is 0 Å². The topological polar surface area (TPSA) is 51.4 Å². The second-order valence-corrected chi connectivity index (χ2v) is 7.09. The van der Waals surface area contributed by atoms with E-state index in [1.54, 1.807) is 18.4 Å². The number of oxazole rings is 1. The maximum absolute atomic E-state index is 5.91. The Morgan fingerprint density at radius 3 is 2.76 bits per heavy atom. The van der Waals surface area contributed by atoms with E-state index in [4.69, 9.17) is 14.1 Å². The first kappa shape index (κ1) is 17.6. The predicted octanol–water partition coefficient (Wildman–Crippen LogP) is 4.62. The van der Waals surface area contributed by atoms with Gasteiger partial charge in [-0.1, -0.05) is 0 Å². The van der Waals surface area contributed by atoms with Crippen molar-refractivity contribution < 1.29 is 9.15 Å². The number of ether oxygens (including phenoxy) is 1. The summed E-state index contributed by atoms with van der Waals surface area (Å²) >= 11 is 1.67. The molecule has 0 fully saturated rings. The summed E-state index contributed by atoms with van der Waals surface area (Å²) in [7, 11) is 3.76. The molecular formula is C19H23N3O2S. The minimum atomic E-state index is 0.239. The average molecular weight is 357 g/mol. The van der Waals surface area contributed by atoms with Crippen molar-refractivity contribution in [2.75, 3.05) is 14.2 Å². The largest absolute Gasteiger partial charge is 0.496 e. The number of methoxy groups -OCH3 is 1. The van der Waals surface area contributed by atoms with Crippen LogP contribution in [-0.4, -0.2) is 29.0 Å². The van der Waals surface area contributed by atoms with Crippen LogP contribution in [0.4, 0.5) is 0 Å². The summed E-state index contributed by atoms with van der Waals surface area (Å²) in [6.07, 6.45) is 1.84. The molecule has 0 bridgehead atoms. The van der Waals surface area contributed by atoms with Crippen molar-refractivity contribution in [2.45, 2.75) is 33.4 Å². The van der Waals surface area contributed by atoms with Gasteiger partial charge in [0.05, 0.1) is 18.8 Å². The fraction of sp³-hybridized carbons (Fsp3) is 0.368. The summed E-state index contributed by atoms with van der Waals surface area (Å²) in [5, 5.41) is 3.11. The molecule has 0 spiro atoms. The molecule has 0 aliphatic carbocycles. The molecule has 3 aromatic rings. The van der Waals surface area contributed by atoms with Gasteiger partial charge in [-0.3, -0.25) is 4.90 Å². The third-order valence-electron chi connectivity index (χ3n) is 4.40. The molecule has 2 heterocycles. The number of aromatic nitrogens is 2. The number of benzene rings is 1. The molecule has 0 saturated carbocycles. The zero-order valence-corrected chi connectivity index (χ0v) is 16.1. The Hall–Kier alpha value is -2.18. The van der Waals surface area contributed by atoms with Crippen LogP contribution in [0.5, 0.6) is 5.75 Å². The van der Waals surface area contributed by atoms with Gasteiger partial charge in [-0.2, -0.15) is 0 Å². The molecule has 5 nitrogen and oxygen atoms in total. The fourth-order valence-corrected chi connectivity index (χ4v) is 3.47. The van der Waals surface area contributed by atoms with Crippen molar-refractivity contribution in [1.29, 1.82) is 0 Å². The van der Waals surface area contributed by atoms with E-state index in [1.807, 2.05) is 43.6 Å². The molecule has 6 heteroatoms. The summed E-state index contributed by atoms with van der Waals surface area (Å²) < 4.78 is 11.2. The molecular weight excluding hydrogens is 334 g/mol. The first-order valence-electron chi connectivity index (χ1n) is 8.20. The molecule has 0 N–H and O–H groups in total. The minimum absolute atomic E-state index is 0.239. The van der Waals surface area contributed by atoms with Gasteiger partial charge in [0.15, 0.2) is 0 Å². The Balaban J connectivity index is 1.79. The van der Waals surface area contributed by atoms with Crippen molar-refractivity contribution >= 4 is 11.3 Å². The normalized spacial score (nSPS) is 12.6. The van der Waals surface area contributed by atoms with E-state index in [0.29, 0.717) is 12.4 Å². The number of hydrogen-bond acceptors (Lipinski definition) is 6. The standard InChI is InChI=1S/C19H23N3O2S/c1-12-10-15(6-7-17(12)23-5)18-21-16(14(3)24-18)11-22(4)13(2)19-20-8-9-25-19/h6-10,13H,11H2,1-5H3. The summed E-state index contributed by atoms with van der Waals surface area (Å²) in [5.74, 6) is 2.36. The molecule has 0 radical (unpaired) electrons. The monoisotopic (exact) mass is 357 g/mol. The first-order valence-corrected chi connectivity index (χ1v) is 9.08. The van der Waals surface area contributed by atoms with E-state index >= 15 is 0 Å². The van der Waals surface area contributed by atoms with E-state index in [0.717, 1.165) is 33.3 Å². The summed E-state index contributed by atoms with van der Waals surface area (Å²) in [4.78, 5) is 11.3. The van der Waals surface area contributed by atoms with Gasteiger partial charge in [-0.25, -0.2) is 9.97 Å². The number of thiazole rings is 1. The summed E-state index contributed by atoms with van der Waals surface area (Å²) in [6, 6.07) is 6.20. The highest BCUT2D eigenvalue weighted by Crippen LogP contribution is 2.28. The van der Waals surface area contributed by atoms with Gasteiger partial charge in [0.2, 0.25) is 5.89 Å². The number of nitrogens with zero attached hydrogens (tertiary/aromatic N) is 3. The highest BCUT2D eigenvalue weighted by atomic mass is 32.1. The van der Waals surface area contributed by atoms with E-state index in [2.05, 4.69) is 23.9 Å². The molecule has 2 aromatic heterocycles. The van der Waals surface area contributed by atoms with E-state index < -0.39 is 0 Å².